The van der Waals surface area contributed by atoms with E-state index >= 15 is 0 Å². The third kappa shape index (κ3) is 8.38. The molecule has 2 aromatic carbocycles. The van der Waals surface area contributed by atoms with Crippen LogP contribution in [0, 0.1) is 0 Å². The summed E-state index contributed by atoms with van der Waals surface area (Å²) >= 11 is 0. The molecule has 31 heavy (non-hydrogen) atoms. The standard InChI is InChI=1S/C23H28N2O6/c1-23(2,3)31-22(27)25-19(14-24-28)13-16-7-11-20(12-8-16)30-15-17-5-9-18(10-6-17)21(26)29-4/h5-12,14,19,28H,13,15H2,1-4H3,(H,25,27)/b24-14-/t19-/m0/s1. The van der Waals surface area contributed by atoms with Gasteiger partial charge in [-0.2, -0.15) is 0 Å². The number of ether oxygens (including phenoxy) is 3. The summed E-state index contributed by atoms with van der Waals surface area (Å²) < 4.78 is 15.7. The van der Waals surface area contributed by atoms with Crippen molar-refractivity contribution < 1.29 is 29.0 Å². The summed E-state index contributed by atoms with van der Waals surface area (Å²) in [5, 5.41) is 14.6. The number of benzene rings is 2. The summed E-state index contributed by atoms with van der Waals surface area (Å²) in [7, 11) is 1.34. The van der Waals surface area contributed by atoms with Gasteiger partial charge >= 0.3 is 12.1 Å². The van der Waals surface area contributed by atoms with Crippen LogP contribution in [0.25, 0.3) is 0 Å². The van der Waals surface area contributed by atoms with Gasteiger partial charge in [0.2, 0.25) is 0 Å². The highest BCUT2D eigenvalue weighted by Crippen LogP contribution is 2.16. The molecule has 166 valence electrons. The second-order valence-corrected chi connectivity index (χ2v) is 7.84. The number of amides is 1. The SMILES string of the molecule is COC(=O)c1ccc(COc2ccc(C[C@@H](/C=N\O)NC(=O)OC(C)(C)C)cc2)cc1. The number of esters is 1. The molecule has 0 fully saturated rings. The minimum atomic E-state index is -0.621. The Balaban J connectivity index is 1.91. The van der Waals surface area contributed by atoms with Crippen LogP contribution in [0.3, 0.4) is 0 Å². The monoisotopic (exact) mass is 428 g/mol. The molecule has 0 saturated heterocycles. The molecule has 0 unspecified atom stereocenters. The molecule has 8 heteroatoms. The number of carbonyl (C=O) groups is 2. The summed E-state index contributed by atoms with van der Waals surface area (Å²) in [6, 6.07) is 13.8. The van der Waals surface area contributed by atoms with Gasteiger partial charge in [-0.15, -0.1) is 0 Å². The number of carbonyl (C=O) groups excluding carboxylic acids is 2. The van der Waals surface area contributed by atoms with E-state index in [1.807, 2.05) is 36.4 Å². The molecule has 0 aliphatic rings. The topological polar surface area (TPSA) is 106 Å². The van der Waals surface area contributed by atoms with Gasteiger partial charge in [0.05, 0.1) is 24.9 Å². The Morgan fingerprint density at radius 1 is 1.06 bits per heavy atom. The largest absolute Gasteiger partial charge is 0.489 e. The summed E-state index contributed by atoms with van der Waals surface area (Å²) in [6.07, 6.45) is 1.07. The van der Waals surface area contributed by atoms with Crippen molar-refractivity contribution in [2.45, 2.75) is 45.4 Å². The zero-order valence-corrected chi connectivity index (χ0v) is 18.1. The fourth-order valence-electron chi connectivity index (χ4n) is 2.68. The van der Waals surface area contributed by atoms with Crippen molar-refractivity contribution >= 4 is 18.3 Å². The summed E-state index contributed by atoms with van der Waals surface area (Å²) in [5.74, 6) is 0.294. The number of nitrogens with one attached hydrogen (secondary N) is 1. The Labute approximate surface area is 181 Å². The van der Waals surface area contributed by atoms with Crippen molar-refractivity contribution in [3.8, 4) is 5.75 Å². The van der Waals surface area contributed by atoms with Crippen LogP contribution in [-0.2, 0) is 22.5 Å². The molecule has 0 aromatic heterocycles. The molecule has 2 rings (SSSR count). The van der Waals surface area contributed by atoms with Crippen LogP contribution in [0.2, 0.25) is 0 Å². The quantitative estimate of drug-likeness (QED) is 0.285. The second-order valence-electron chi connectivity index (χ2n) is 7.84. The summed E-state index contributed by atoms with van der Waals surface area (Å²) in [4.78, 5) is 23.4. The van der Waals surface area contributed by atoms with Crippen molar-refractivity contribution in [3.63, 3.8) is 0 Å². The molecule has 0 spiro atoms. The molecular formula is C23H28N2O6. The molecule has 2 N–H and O–H groups in total. The lowest BCUT2D eigenvalue weighted by Crippen LogP contribution is -2.41. The molecule has 2 aromatic rings. The number of rotatable bonds is 8. The maximum absolute atomic E-state index is 12.0. The van der Waals surface area contributed by atoms with E-state index in [9.17, 15) is 9.59 Å². The molecular weight excluding hydrogens is 400 g/mol. The fraction of sp³-hybridized carbons (Fsp3) is 0.348. The Kier molecular flexibility index (Phi) is 8.43. The Morgan fingerprint density at radius 2 is 1.68 bits per heavy atom. The molecule has 0 saturated carbocycles. The van der Waals surface area contributed by atoms with Gasteiger partial charge in [-0.05, 0) is 62.6 Å². The van der Waals surface area contributed by atoms with Crippen LogP contribution in [0.1, 0.15) is 42.3 Å². The zero-order chi connectivity index (χ0) is 22.9. The van der Waals surface area contributed by atoms with E-state index in [1.165, 1.54) is 13.3 Å². The van der Waals surface area contributed by atoms with Crippen molar-refractivity contribution in [3.05, 3.63) is 65.2 Å². The first-order chi connectivity index (χ1) is 14.7. The normalized spacial score (nSPS) is 12.3. The van der Waals surface area contributed by atoms with Gasteiger partial charge in [0.25, 0.3) is 0 Å². The van der Waals surface area contributed by atoms with Crippen LogP contribution in [-0.4, -0.2) is 42.2 Å². The first kappa shape index (κ1) is 23.7. The van der Waals surface area contributed by atoms with E-state index in [1.54, 1.807) is 32.9 Å². The minimum Gasteiger partial charge on any atom is -0.489 e. The number of alkyl carbamates (subject to hydrolysis) is 1. The molecule has 0 aliphatic carbocycles. The average Bonchev–Trinajstić information content (AvgIpc) is 2.72. The summed E-state index contributed by atoms with van der Waals surface area (Å²) in [5.41, 5.74) is 1.69. The van der Waals surface area contributed by atoms with Crippen molar-refractivity contribution in [1.29, 1.82) is 0 Å². The highest BCUT2D eigenvalue weighted by atomic mass is 16.6. The van der Waals surface area contributed by atoms with E-state index in [0.29, 0.717) is 24.3 Å². The molecule has 0 radical (unpaired) electrons. The van der Waals surface area contributed by atoms with Gasteiger partial charge in [0.1, 0.15) is 18.0 Å². The molecule has 0 aliphatic heterocycles. The lowest BCUT2D eigenvalue weighted by atomic mass is 10.1. The van der Waals surface area contributed by atoms with E-state index in [4.69, 9.17) is 14.7 Å². The first-order valence-electron chi connectivity index (χ1n) is 9.76. The van der Waals surface area contributed by atoms with Crippen LogP contribution in [0.4, 0.5) is 4.79 Å². The third-order valence-corrected chi connectivity index (χ3v) is 4.11. The minimum absolute atomic E-state index is 0.348. The van der Waals surface area contributed by atoms with Gasteiger partial charge in [-0.1, -0.05) is 29.4 Å². The third-order valence-electron chi connectivity index (χ3n) is 4.11. The molecule has 1 atom stereocenters. The maximum Gasteiger partial charge on any atom is 0.408 e. The van der Waals surface area contributed by atoms with E-state index < -0.39 is 17.7 Å². The van der Waals surface area contributed by atoms with Crippen LogP contribution >= 0.6 is 0 Å². The van der Waals surface area contributed by atoms with E-state index in [2.05, 4.69) is 15.2 Å². The Hall–Kier alpha value is -3.55. The van der Waals surface area contributed by atoms with Gasteiger partial charge in [-0.3, -0.25) is 0 Å². The predicted octanol–water partition coefficient (Wildman–Crippen LogP) is 3.95. The van der Waals surface area contributed by atoms with Crippen LogP contribution < -0.4 is 10.1 Å². The zero-order valence-electron chi connectivity index (χ0n) is 18.1. The maximum atomic E-state index is 12.0. The predicted molar refractivity (Wildman–Crippen MR) is 116 cm³/mol. The summed E-state index contributed by atoms with van der Waals surface area (Å²) in [6.45, 7) is 5.66. The molecule has 8 nitrogen and oxygen atoms in total. The highest BCUT2D eigenvalue weighted by molar-refractivity contribution is 5.89. The van der Waals surface area contributed by atoms with Gasteiger partial charge in [0, 0.05) is 0 Å². The molecule has 1 amide bonds. The van der Waals surface area contributed by atoms with E-state index in [-0.39, 0.29) is 5.97 Å². The highest BCUT2D eigenvalue weighted by Gasteiger charge is 2.19. The van der Waals surface area contributed by atoms with Crippen molar-refractivity contribution in [1.82, 2.24) is 5.32 Å². The Morgan fingerprint density at radius 3 is 2.23 bits per heavy atom. The lowest BCUT2D eigenvalue weighted by Gasteiger charge is -2.22. The number of oxime groups is 1. The van der Waals surface area contributed by atoms with E-state index in [0.717, 1.165) is 11.1 Å². The van der Waals surface area contributed by atoms with Crippen LogP contribution in [0.15, 0.2) is 53.7 Å². The lowest BCUT2D eigenvalue weighted by molar-refractivity contribution is 0.0517. The number of methoxy groups -OCH3 is 1. The van der Waals surface area contributed by atoms with Crippen molar-refractivity contribution in [2.24, 2.45) is 5.16 Å². The average molecular weight is 428 g/mol. The first-order valence-corrected chi connectivity index (χ1v) is 9.76. The number of nitrogens with zero attached hydrogens (tertiary/aromatic N) is 1. The smallest absolute Gasteiger partial charge is 0.408 e. The van der Waals surface area contributed by atoms with Crippen LogP contribution in [0.5, 0.6) is 5.75 Å². The second kappa shape index (κ2) is 11.0. The molecule has 0 bridgehead atoms. The van der Waals surface area contributed by atoms with Gasteiger partial charge < -0.3 is 24.7 Å². The van der Waals surface area contributed by atoms with Crippen molar-refractivity contribution in [2.75, 3.05) is 7.11 Å². The number of hydrogen-bond acceptors (Lipinski definition) is 7. The van der Waals surface area contributed by atoms with Gasteiger partial charge in [-0.25, -0.2) is 9.59 Å². The number of hydrogen-bond donors (Lipinski definition) is 2. The van der Waals surface area contributed by atoms with Gasteiger partial charge in [0.15, 0.2) is 0 Å². The Bertz CT molecular complexity index is 886. The molecule has 0 heterocycles. The fourth-order valence-corrected chi connectivity index (χ4v) is 2.68.